The molecule has 4 nitrogen and oxygen atoms in total. The summed E-state index contributed by atoms with van der Waals surface area (Å²) in [7, 11) is 0. The zero-order valence-electron chi connectivity index (χ0n) is 12.7. The Morgan fingerprint density at radius 1 is 1.27 bits per heavy atom. The smallest absolute Gasteiger partial charge is 0.235 e. The molecule has 4 rings (SSSR count). The third-order valence-electron chi connectivity index (χ3n) is 4.52. The lowest BCUT2D eigenvalue weighted by molar-refractivity contribution is -0.129. The summed E-state index contributed by atoms with van der Waals surface area (Å²) in [5.41, 5.74) is 1.43. The van der Waals surface area contributed by atoms with E-state index in [1.807, 2.05) is 11.8 Å². The highest BCUT2D eigenvalue weighted by Crippen LogP contribution is 2.41. The van der Waals surface area contributed by atoms with Gasteiger partial charge in [-0.2, -0.15) is 0 Å². The first-order valence-electron chi connectivity index (χ1n) is 7.95. The van der Waals surface area contributed by atoms with E-state index in [1.165, 1.54) is 28.7 Å². The number of likely N-dealkylation sites (tertiary alicyclic amines) is 1. The first-order chi connectivity index (χ1) is 10.7. The van der Waals surface area contributed by atoms with Crippen LogP contribution in [0.25, 0.3) is 10.2 Å². The summed E-state index contributed by atoms with van der Waals surface area (Å²) >= 11 is 3.40. The van der Waals surface area contributed by atoms with Gasteiger partial charge in [0.15, 0.2) is 0 Å². The van der Waals surface area contributed by atoms with Crippen molar-refractivity contribution in [2.45, 2.75) is 49.3 Å². The predicted octanol–water partition coefficient (Wildman–Crippen LogP) is 3.28. The molecule has 2 aromatic heterocycles. The minimum Gasteiger partial charge on any atom is -0.342 e. The Morgan fingerprint density at radius 2 is 2.09 bits per heavy atom. The number of nitrogens with zero attached hydrogens (tertiary/aromatic N) is 3. The zero-order valence-corrected chi connectivity index (χ0v) is 14.3. The highest BCUT2D eigenvalue weighted by atomic mass is 32.2. The van der Waals surface area contributed by atoms with Crippen molar-refractivity contribution in [2.24, 2.45) is 0 Å². The number of thiophene rings is 1. The summed E-state index contributed by atoms with van der Waals surface area (Å²) in [6, 6.07) is 0. The molecular formula is C16H19N3OS2. The molecule has 0 spiro atoms. The third kappa shape index (κ3) is 2.42. The number of fused-ring (bicyclic) bond motifs is 3. The van der Waals surface area contributed by atoms with Crippen LogP contribution in [0.4, 0.5) is 0 Å². The second-order valence-electron chi connectivity index (χ2n) is 6.01. The number of carbonyl (C=O) groups is 1. The van der Waals surface area contributed by atoms with E-state index in [0.29, 0.717) is 0 Å². The van der Waals surface area contributed by atoms with Crippen LogP contribution in [0.2, 0.25) is 0 Å². The van der Waals surface area contributed by atoms with Crippen molar-refractivity contribution in [3.63, 3.8) is 0 Å². The van der Waals surface area contributed by atoms with Gasteiger partial charge in [-0.1, -0.05) is 11.8 Å². The molecule has 2 aliphatic rings. The Kier molecular flexibility index (Phi) is 3.82. The zero-order chi connectivity index (χ0) is 15.1. The van der Waals surface area contributed by atoms with E-state index in [0.717, 1.165) is 42.2 Å². The first-order valence-corrected chi connectivity index (χ1v) is 9.64. The van der Waals surface area contributed by atoms with Crippen molar-refractivity contribution in [3.8, 4) is 0 Å². The van der Waals surface area contributed by atoms with Gasteiger partial charge in [0.2, 0.25) is 5.91 Å². The molecule has 1 aliphatic carbocycles. The molecule has 2 aromatic rings. The van der Waals surface area contributed by atoms with Crippen molar-refractivity contribution < 1.29 is 4.79 Å². The number of hydrogen-bond acceptors (Lipinski definition) is 5. The Morgan fingerprint density at radius 3 is 2.91 bits per heavy atom. The number of carbonyl (C=O) groups excluding carboxylic acids is 1. The summed E-state index contributed by atoms with van der Waals surface area (Å²) < 4.78 is 0. The second-order valence-corrected chi connectivity index (χ2v) is 8.42. The Balaban J connectivity index is 1.62. The topological polar surface area (TPSA) is 46.1 Å². The molecule has 1 amide bonds. The molecule has 0 radical (unpaired) electrons. The first kappa shape index (κ1) is 14.5. The van der Waals surface area contributed by atoms with E-state index in [2.05, 4.69) is 9.97 Å². The lowest BCUT2D eigenvalue weighted by Crippen LogP contribution is -2.34. The van der Waals surface area contributed by atoms with Crippen LogP contribution in [-0.2, 0) is 17.6 Å². The van der Waals surface area contributed by atoms with Gasteiger partial charge in [-0.25, -0.2) is 9.97 Å². The van der Waals surface area contributed by atoms with E-state index in [1.54, 1.807) is 29.4 Å². The molecule has 1 unspecified atom stereocenters. The van der Waals surface area contributed by atoms with Crippen molar-refractivity contribution >= 4 is 39.2 Å². The average Bonchev–Trinajstić information content (AvgIpc) is 3.22. The number of amides is 1. The predicted molar refractivity (Wildman–Crippen MR) is 90.6 cm³/mol. The summed E-state index contributed by atoms with van der Waals surface area (Å²) in [6.45, 7) is 3.83. The van der Waals surface area contributed by atoms with Crippen LogP contribution in [0.5, 0.6) is 0 Å². The fourth-order valence-corrected chi connectivity index (χ4v) is 5.73. The maximum atomic E-state index is 12.5. The van der Waals surface area contributed by atoms with E-state index in [4.69, 9.17) is 0 Å². The van der Waals surface area contributed by atoms with Crippen LogP contribution in [0.15, 0.2) is 11.4 Å². The summed E-state index contributed by atoms with van der Waals surface area (Å²) in [5, 5.41) is 2.13. The van der Waals surface area contributed by atoms with Crippen LogP contribution < -0.4 is 0 Å². The van der Waals surface area contributed by atoms with Crippen LogP contribution >= 0.6 is 23.1 Å². The molecule has 22 heavy (non-hydrogen) atoms. The van der Waals surface area contributed by atoms with Gasteiger partial charge in [-0.3, -0.25) is 4.79 Å². The summed E-state index contributed by atoms with van der Waals surface area (Å²) in [6.07, 6.45) is 7.45. The molecule has 1 atom stereocenters. The number of aryl methyl sites for hydroxylation is 2. The Labute approximate surface area is 138 Å². The lowest BCUT2D eigenvalue weighted by Gasteiger charge is -2.19. The van der Waals surface area contributed by atoms with Gasteiger partial charge in [-0.15, -0.1) is 11.3 Å². The van der Waals surface area contributed by atoms with Gasteiger partial charge in [-0.05, 0) is 44.6 Å². The van der Waals surface area contributed by atoms with Crippen molar-refractivity contribution in [2.75, 3.05) is 13.1 Å². The third-order valence-corrected chi connectivity index (χ3v) is 6.81. The van der Waals surface area contributed by atoms with E-state index in [9.17, 15) is 4.79 Å². The van der Waals surface area contributed by atoms with E-state index >= 15 is 0 Å². The molecule has 1 saturated heterocycles. The molecular weight excluding hydrogens is 314 g/mol. The highest BCUT2D eigenvalue weighted by molar-refractivity contribution is 8.00. The molecule has 116 valence electrons. The molecule has 0 aromatic carbocycles. The van der Waals surface area contributed by atoms with Gasteiger partial charge in [0.1, 0.15) is 16.2 Å². The second kappa shape index (κ2) is 5.81. The standard InChI is InChI=1S/C16H19N3OS2/c1-10(16(20)19-7-2-3-8-19)21-14-13-11-5-4-6-12(11)22-15(13)18-9-17-14/h9-10H,2-8H2,1H3. The van der Waals surface area contributed by atoms with Gasteiger partial charge >= 0.3 is 0 Å². The van der Waals surface area contributed by atoms with Crippen molar-refractivity contribution in [3.05, 3.63) is 16.8 Å². The fourth-order valence-electron chi connectivity index (χ4n) is 3.40. The molecule has 3 heterocycles. The number of hydrogen-bond donors (Lipinski definition) is 0. The van der Waals surface area contributed by atoms with Gasteiger partial charge in [0, 0.05) is 23.4 Å². The molecule has 6 heteroatoms. The van der Waals surface area contributed by atoms with Crippen LogP contribution in [0.3, 0.4) is 0 Å². The molecule has 1 fully saturated rings. The maximum Gasteiger partial charge on any atom is 0.235 e. The number of thioether (sulfide) groups is 1. The van der Waals surface area contributed by atoms with E-state index in [-0.39, 0.29) is 11.2 Å². The quantitative estimate of drug-likeness (QED) is 0.639. The number of rotatable bonds is 3. The van der Waals surface area contributed by atoms with Crippen molar-refractivity contribution in [1.29, 1.82) is 0 Å². The SMILES string of the molecule is CC(Sc1ncnc2sc3c(c12)CCC3)C(=O)N1CCCC1. The highest BCUT2D eigenvalue weighted by Gasteiger charge is 2.27. The average molecular weight is 333 g/mol. The summed E-state index contributed by atoms with van der Waals surface area (Å²) in [5.74, 6) is 0.251. The molecule has 0 bridgehead atoms. The van der Waals surface area contributed by atoms with Crippen LogP contribution in [0, 0.1) is 0 Å². The lowest BCUT2D eigenvalue weighted by atomic mass is 10.2. The van der Waals surface area contributed by atoms with Gasteiger partial charge in [0.25, 0.3) is 0 Å². The molecule has 0 N–H and O–H groups in total. The van der Waals surface area contributed by atoms with Crippen LogP contribution in [-0.4, -0.2) is 39.1 Å². The number of aromatic nitrogens is 2. The minimum atomic E-state index is -0.0758. The molecule has 1 aliphatic heterocycles. The summed E-state index contributed by atoms with van der Waals surface area (Å²) in [4.78, 5) is 26.0. The van der Waals surface area contributed by atoms with E-state index < -0.39 is 0 Å². The fraction of sp³-hybridized carbons (Fsp3) is 0.562. The Bertz CT molecular complexity index is 721. The normalized spacial score (nSPS) is 18.9. The largest absolute Gasteiger partial charge is 0.342 e. The van der Waals surface area contributed by atoms with Gasteiger partial charge in [0.05, 0.1) is 5.25 Å². The monoisotopic (exact) mass is 333 g/mol. The van der Waals surface area contributed by atoms with Crippen molar-refractivity contribution in [1.82, 2.24) is 14.9 Å². The molecule has 0 saturated carbocycles. The van der Waals surface area contributed by atoms with Gasteiger partial charge < -0.3 is 4.90 Å². The Hall–Kier alpha value is -1.14. The minimum absolute atomic E-state index is 0.0758. The maximum absolute atomic E-state index is 12.5. The van der Waals surface area contributed by atoms with Crippen LogP contribution in [0.1, 0.15) is 36.6 Å².